The number of aryl methyl sites for hydroxylation is 1. The van der Waals surface area contributed by atoms with E-state index in [9.17, 15) is 5.11 Å². The van der Waals surface area contributed by atoms with Crippen LogP contribution in [-0.2, 0) is 0 Å². The van der Waals surface area contributed by atoms with Crippen molar-refractivity contribution in [2.24, 2.45) is 5.92 Å². The second-order valence-corrected chi connectivity index (χ2v) is 4.53. The fourth-order valence-electron chi connectivity index (χ4n) is 2.02. The lowest BCUT2D eigenvalue weighted by Gasteiger charge is -2.19. The van der Waals surface area contributed by atoms with Crippen LogP contribution in [0.1, 0.15) is 24.8 Å². The third-order valence-corrected chi connectivity index (χ3v) is 3.18. The molecule has 1 aromatic rings. The van der Waals surface area contributed by atoms with Gasteiger partial charge in [0.2, 0.25) is 0 Å². The van der Waals surface area contributed by atoms with Crippen molar-refractivity contribution >= 4 is 5.69 Å². The van der Waals surface area contributed by atoms with Crippen LogP contribution in [0.15, 0.2) is 30.4 Å². The van der Waals surface area contributed by atoms with E-state index in [1.807, 2.05) is 19.1 Å². The first kappa shape index (κ1) is 11.1. The van der Waals surface area contributed by atoms with Gasteiger partial charge in [-0.15, -0.1) is 0 Å². The molecule has 0 saturated carbocycles. The van der Waals surface area contributed by atoms with Crippen LogP contribution in [0.4, 0.5) is 5.69 Å². The van der Waals surface area contributed by atoms with Crippen molar-refractivity contribution in [1.82, 2.24) is 0 Å². The molecule has 0 aliphatic heterocycles. The van der Waals surface area contributed by atoms with E-state index < -0.39 is 0 Å². The Morgan fingerprint density at radius 1 is 1.38 bits per heavy atom. The number of aromatic hydroxyl groups is 1. The Kier molecular flexibility index (Phi) is 3.50. The first-order valence-electron chi connectivity index (χ1n) is 5.94. The van der Waals surface area contributed by atoms with E-state index in [0.29, 0.717) is 5.75 Å². The summed E-state index contributed by atoms with van der Waals surface area (Å²) in [7, 11) is 0. The van der Waals surface area contributed by atoms with Crippen molar-refractivity contribution in [3.05, 3.63) is 35.9 Å². The molecule has 86 valence electrons. The van der Waals surface area contributed by atoms with Crippen LogP contribution in [0.3, 0.4) is 0 Å². The largest absolute Gasteiger partial charge is 0.508 e. The van der Waals surface area contributed by atoms with E-state index in [1.165, 1.54) is 19.3 Å². The number of phenols is 1. The van der Waals surface area contributed by atoms with E-state index in [1.54, 1.807) is 6.07 Å². The molecule has 0 radical (unpaired) electrons. The number of hydrogen-bond acceptors (Lipinski definition) is 2. The number of allylic oxidation sites excluding steroid dienone is 2. The molecule has 1 aliphatic carbocycles. The van der Waals surface area contributed by atoms with Crippen LogP contribution < -0.4 is 5.32 Å². The molecule has 1 aliphatic rings. The first-order chi connectivity index (χ1) is 7.75. The lowest BCUT2D eigenvalue weighted by Crippen LogP contribution is -2.15. The van der Waals surface area contributed by atoms with E-state index in [2.05, 4.69) is 17.5 Å². The molecule has 2 N–H and O–H groups in total. The van der Waals surface area contributed by atoms with Crippen molar-refractivity contribution < 1.29 is 5.11 Å². The minimum Gasteiger partial charge on any atom is -0.508 e. The summed E-state index contributed by atoms with van der Waals surface area (Å²) in [6.07, 6.45) is 8.16. The van der Waals surface area contributed by atoms with Gasteiger partial charge in [0, 0.05) is 18.3 Å². The third kappa shape index (κ3) is 2.78. The summed E-state index contributed by atoms with van der Waals surface area (Å²) in [5.74, 6) is 1.10. The summed E-state index contributed by atoms with van der Waals surface area (Å²) in [5, 5.41) is 13.0. The monoisotopic (exact) mass is 217 g/mol. The highest BCUT2D eigenvalue weighted by Gasteiger charge is 2.09. The standard InChI is InChI=1S/C14H19NO/c1-11-7-8-13(9-14(11)16)15-10-12-5-3-2-4-6-12/h2-3,7-9,12,15-16H,4-6,10H2,1H3. The number of anilines is 1. The molecule has 0 aromatic heterocycles. The molecule has 2 heteroatoms. The van der Waals surface area contributed by atoms with Crippen molar-refractivity contribution in [3.8, 4) is 5.75 Å². The number of phenolic OH excluding ortho intramolecular Hbond substituents is 1. The van der Waals surface area contributed by atoms with Gasteiger partial charge in [-0.1, -0.05) is 18.2 Å². The highest BCUT2D eigenvalue weighted by Crippen LogP contribution is 2.23. The highest BCUT2D eigenvalue weighted by molar-refractivity contribution is 5.50. The summed E-state index contributed by atoms with van der Waals surface area (Å²) in [4.78, 5) is 0. The summed E-state index contributed by atoms with van der Waals surface area (Å²) in [6.45, 7) is 2.90. The van der Waals surface area contributed by atoms with E-state index in [0.717, 1.165) is 23.7 Å². The van der Waals surface area contributed by atoms with Gasteiger partial charge in [0.05, 0.1) is 0 Å². The Bertz CT molecular complexity index is 384. The predicted octanol–water partition coefficient (Wildman–Crippen LogP) is 3.47. The fraction of sp³-hybridized carbons (Fsp3) is 0.429. The predicted molar refractivity (Wildman–Crippen MR) is 67.8 cm³/mol. The maximum Gasteiger partial charge on any atom is 0.120 e. The van der Waals surface area contributed by atoms with Gasteiger partial charge in [-0.05, 0) is 43.7 Å². The highest BCUT2D eigenvalue weighted by atomic mass is 16.3. The molecule has 0 saturated heterocycles. The Labute approximate surface area is 97.0 Å². The average Bonchev–Trinajstić information content (AvgIpc) is 2.32. The van der Waals surface area contributed by atoms with Gasteiger partial charge in [0.25, 0.3) is 0 Å². The minimum absolute atomic E-state index is 0.369. The van der Waals surface area contributed by atoms with Gasteiger partial charge >= 0.3 is 0 Å². The van der Waals surface area contributed by atoms with Crippen molar-refractivity contribution in [2.75, 3.05) is 11.9 Å². The Morgan fingerprint density at radius 2 is 2.25 bits per heavy atom. The van der Waals surface area contributed by atoms with E-state index in [-0.39, 0.29) is 0 Å². The SMILES string of the molecule is Cc1ccc(NCC2CC=CCC2)cc1O. The molecule has 0 spiro atoms. The number of nitrogens with one attached hydrogen (secondary N) is 1. The zero-order valence-electron chi connectivity index (χ0n) is 9.74. The summed E-state index contributed by atoms with van der Waals surface area (Å²) in [5.41, 5.74) is 1.93. The molecule has 0 heterocycles. The average molecular weight is 217 g/mol. The maximum absolute atomic E-state index is 9.59. The Morgan fingerprint density at radius 3 is 2.94 bits per heavy atom. The molecule has 0 bridgehead atoms. The smallest absolute Gasteiger partial charge is 0.120 e. The molecule has 2 rings (SSSR count). The first-order valence-corrected chi connectivity index (χ1v) is 5.94. The normalized spacial score (nSPS) is 19.7. The summed E-state index contributed by atoms with van der Waals surface area (Å²) in [6, 6.07) is 5.76. The maximum atomic E-state index is 9.59. The molecule has 2 nitrogen and oxygen atoms in total. The molecule has 1 aromatic carbocycles. The van der Waals surface area contributed by atoms with Crippen molar-refractivity contribution in [1.29, 1.82) is 0 Å². The van der Waals surface area contributed by atoms with Crippen LogP contribution in [0.5, 0.6) is 5.75 Å². The van der Waals surface area contributed by atoms with Gasteiger partial charge in [-0.25, -0.2) is 0 Å². The molecule has 16 heavy (non-hydrogen) atoms. The second kappa shape index (κ2) is 5.06. The Balaban J connectivity index is 1.89. The van der Waals surface area contributed by atoms with Crippen molar-refractivity contribution in [2.45, 2.75) is 26.2 Å². The topological polar surface area (TPSA) is 32.3 Å². The minimum atomic E-state index is 0.369. The fourth-order valence-corrected chi connectivity index (χ4v) is 2.02. The van der Waals surface area contributed by atoms with E-state index >= 15 is 0 Å². The summed E-state index contributed by atoms with van der Waals surface area (Å²) >= 11 is 0. The van der Waals surface area contributed by atoms with Crippen LogP contribution >= 0.6 is 0 Å². The Hall–Kier alpha value is -1.44. The van der Waals surface area contributed by atoms with Crippen LogP contribution in [0.25, 0.3) is 0 Å². The number of hydrogen-bond donors (Lipinski definition) is 2. The lowest BCUT2D eigenvalue weighted by atomic mass is 9.94. The quantitative estimate of drug-likeness (QED) is 0.760. The van der Waals surface area contributed by atoms with E-state index in [4.69, 9.17) is 0 Å². The van der Waals surface area contributed by atoms with Gasteiger partial charge in [-0.2, -0.15) is 0 Å². The van der Waals surface area contributed by atoms with Gasteiger partial charge in [0.1, 0.15) is 5.75 Å². The second-order valence-electron chi connectivity index (χ2n) is 4.53. The van der Waals surface area contributed by atoms with Gasteiger partial charge < -0.3 is 10.4 Å². The molecule has 0 fully saturated rings. The summed E-state index contributed by atoms with van der Waals surface area (Å²) < 4.78 is 0. The lowest BCUT2D eigenvalue weighted by molar-refractivity contribution is 0.471. The third-order valence-electron chi connectivity index (χ3n) is 3.18. The molecular formula is C14H19NO. The van der Waals surface area contributed by atoms with Gasteiger partial charge in [0.15, 0.2) is 0 Å². The van der Waals surface area contributed by atoms with Crippen LogP contribution in [-0.4, -0.2) is 11.7 Å². The zero-order chi connectivity index (χ0) is 11.4. The molecule has 1 atom stereocenters. The number of benzene rings is 1. The molecule has 0 amide bonds. The van der Waals surface area contributed by atoms with Crippen LogP contribution in [0.2, 0.25) is 0 Å². The molecule has 1 unspecified atom stereocenters. The van der Waals surface area contributed by atoms with Gasteiger partial charge in [-0.3, -0.25) is 0 Å². The number of rotatable bonds is 3. The zero-order valence-corrected chi connectivity index (χ0v) is 9.74. The van der Waals surface area contributed by atoms with Crippen LogP contribution in [0, 0.1) is 12.8 Å². The van der Waals surface area contributed by atoms with Crippen molar-refractivity contribution in [3.63, 3.8) is 0 Å². The molecular weight excluding hydrogens is 198 g/mol.